The molecule has 1 heterocycles. The van der Waals surface area contributed by atoms with Crippen molar-refractivity contribution in [2.45, 2.75) is 0 Å². The lowest BCUT2D eigenvalue weighted by Gasteiger charge is -2.26. The Kier molecular flexibility index (Phi) is 3.67. The predicted molar refractivity (Wildman–Crippen MR) is 68.4 cm³/mol. The summed E-state index contributed by atoms with van der Waals surface area (Å²) in [6, 6.07) is 7.45. The normalized spacial score (nSPS) is 27.7. The van der Waals surface area contributed by atoms with Gasteiger partial charge in [-0.2, -0.15) is 4.20 Å². The molecule has 0 aliphatic carbocycles. The van der Waals surface area contributed by atoms with Crippen LogP contribution in [0.3, 0.4) is 0 Å². The molecule has 0 fully saturated rings. The average molecular weight is 336 g/mol. The number of nitrogens with zero attached hydrogens (tertiary/aromatic N) is 4. The second kappa shape index (κ2) is 4.72. The molecule has 0 spiro atoms. The largest absolute Gasteiger partial charge is 0.424 e. The first-order chi connectivity index (χ1) is 8.64. The van der Waals surface area contributed by atoms with Crippen LogP contribution in [0, 0.1) is 0 Å². The summed E-state index contributed by atoms with van der Waals surface area (Å²) in [5.41, 5.74) is 0.146. The summed E-state index contributed by atoms with van der Waals surface area (Å²) in [5.74, 6) is 0. The van der Waals surface area contributed by atoms with E-state index in [1.807, 2.05) is 4.52 Å². The maximum absolute atomic E-state index is 14.4. The van der Waals surface area contributed by atoms with Crippen LogP contribution in [0.15, 0.2) is 43.9 Å². The van der Waals surface area contributed by atoms with Crippen LogP contribution in [0.1, 0.15) is 0 Å². The summed E-state index contributed by atoms with van der Waals surface area (Å²) in [5, 5.41) is 0. The molecule has 1 unspecified atom stereocenters. The summed E-state index contributed by atoms with van der Waals surface area (Å²) in [4.78, 5) is 0. The SMILES string of the molecule is CN(c1ccccc1)P1(F)=NP(F)(F)=NP(F)(F)=N1. The third kappa shape index (κ3) is 3.28. The van der Waals surface area contributed by atoms with Gasteiger partial charge in [-0.3, -0.25) is 4.67 Å². The van der Waals surface area contributed by atoms with Gasteiger partial charge in [0.05, 0.1) is 0 Å². The van der Waals surface area contributed by atoms with Crippen molar-refractivity contribution in [3.63, 3.8) is 0 Å². The zero-order chi connectivity index (χ0) is 14.3. The topological polar surface area (TPSA) is 40.3 Å². The number of para-hydroxylation sites is 1. The summed E-state index contributed by atoms with van der Waals surface area (Å²) < 4.78 is 74.6. The zero-order valence-electron chi connectivity index (χ0n) is 9.41. The maximum atomic E-state index is 14.4. The Morgan fingerprint density at radius 2 is 1.37 bits per heavy atom. The van der Waals surface area contributed by atoms with Crippen LogP contribution in [-0.2, 0) is 0 Å². The lowest BCUT2D eigenvalue weighted by Crippen LogP contribution is -2.09. The molecule has 0 aromatic heterocycles. The zero-order valence-corrected chi connectivity index (χ0v) is 12.1. The van der Waals surface area contributed by atoms with E-state index >= 15 is 0 Å². The Balaban J connectivity index is 2.59. The minimum atomic E-state index is -5.67. The van der Waals surface area contributed by atoms with E-state index in [1.165, 1.54) is 24.3 Å². The molecule has 0 saturated carbocycles. The first-order valence-corrected chi connectivity index (χ1v) is 9.32. The second-order valence-electron chi connectivity index (χ2n) is 3.53. The first kappa shape index (κ1) is 14.8. The highest BCUT2D eigenvalue weighted by molar-refractivity contribution is 7.80. The smallest absolute Gasteiger partial charge is 0.299 e. The Morgan fingerprint density at radius 1 is 0.842 bits per heavy atom. The van der Waals surface area contributed by atoms with E-state index < -0.39 is 23.3 Å². The van der Waals surface area contributed by atoms with Gasteiger partial charge in [-0.15, -0.1) is 30.3 Å². The Bertz CT molecular complexity index is 640. The maximum Gasteiger partial charge on any atom is 0.424 e. The highest BCUT2D eigenvalue weighted by Gasteiger charge is 2.41. The van der Waals surface area contributed by atoms with Gasteiger partial charge in [-0.1, -0.05) is 18.2 Å². The summed E-state index contributed by atoms with van der Waals surface area (Å²) in [7, 11) is -15.1. The molecule has 0 saturated heterocycles. The van der Waals surface area contributed by atoms with Gasteiger partial charge in [-0.25, -0.2) is 0 Å². The molecule has 0 N–H and O–H groups in total. The monoisotopic (exact) mass is 336 g/mol. The average Bonchev–Trinajstić information content (AvgIpc) is 2.24. The Labute approximate surface area is 106 Å². The fourth-order valence-electron chi connectivity index (χ4n) is 1.37. The number of rotatable bonds is 2. The van der Waals surface area contributed by atoms with Crippen LogP contribution in [0.5, 0.6) is 0 Å². The first-order valence-electron chi connectivity index (χ1n) is 4.83. The minimum absolute atomic E-state index is 0.146. The van der Waals surface area contributed by atoms with E-state index in [9.17, 15) is 21.0 Å². The van der Waals surface area contributed by atoms with Crippen LogP contribution in [0.4, 0.5) is 26.7 Å². The fourth-order valence-corrected chi connectivity index (χ4v) is 7.38. The highest BCUT2D eigenvalue weighted by Crippen LogP contribution is 2.82. The molecule has 1 aliphatic rings. The standard InChI is InChI=1S/C7H8F5N4P3/c1-16(7-5-3-2-4-6-7)19(12)14-17(8,9)13-18(10,11)15-19/h2-6H,1H3. The van der Waals surface area contributed by atoms with Gasteiger partial charge in [0.2, 0.25) is 0 Å². The van der Waals surface area contributed by atoms with E-state index in [0.717, 1.165) is 7.05 Å². The Hall–Kier alpha value is -0.640. The molecule has 0 amide bonds. The van der Waals surface area contributed by atoms with E-state index in [4.69, 9.17) is 0 Å². The number of hydrogen-bond acceptors (Lipinski definition) is 4. The van der Waals surface area contributed by atoms with Gasteiger partial charge in [0.25, 0.3) is 0 Å². The summed E-state index contributed by atoms with van der Waals surface area (Å²) >= 11 is 0. The van der Waals surface area contributed by atoms with Gasteiger partial charge in [0.15, 0.2) is 0 Å². The van der Waals surface area contributed by atoms with Gasteiger partial charge in [-0.05, 0) is 12.1 Å². The molecule has 19 heavy (non-hydrogen) atoms. The van der Waals surface area contributed by atoms with Crippen LogP contribution in [0.2, 0.25) is 0 Å². The van der Waals surface area contributed by atoms with E-state index in [2.05, 4.69) is 9.03 Å². The third-order valence-electron chi connectivity index (χ3n) is 2.17. The van der Waals surface area contributed by atoms with Crippen molar-refractivity contribution >= 4 is 29.0 Å². The van der Waals surface area contributed by atoms with E-state index in [0.29, 0.717) is 4.67 Å². The van der Waals surface area contributed by atoms with Gasteiger partial charge >= 0.3 is 23.3 Å². The van der Waals surface area contributed by atoms with Crippen molar-refractivity contribution < 1.29 is 21.0 Å². The predicted octanol–water partition coefficient (Wildman–Crippen LogP) is 6.82. The molecule has 0 radical (unpaired) electrons. The van der Waals surface area contributed by atoms with Gasteiger partial charge in [0.1, 0.15) is 0 Å². The third-order valence-corrected chi connectivity index (χ3v) is 8.43. The molecular formula is C7H8F5N4P3. The number of hydrogen-bond donors (Lipinski definition) is 0. The van der Waals surface area contributed by atoms with Crippen molar-refractivity contribution in [2.24, 2.45) is 13.5 Å². The van der Waals surface area contributed by atoms with Gasteiger partial charge in [0, 0.05) is 12.7 Å². The molecule has 1 aromatic carbocycles. The molecule has 1 aliphatic heterocycles. The second-order valence-corrected chi connectivity index (χ2v) is 9.09. The molecule has 1 aromatic rings. The van der Waals surface area contributed by atoms with Crippen LogP contribution in [0.25, 0.3) is 0 Å². The molecule has 2 rings (SSSR count). The summed E-state index contributed by atoms with van der Waals surface area (Å²) in [6.45, 7) is 0. The quantitative estimate of drug-likeness (QED) is 0.431. The molecule has 1 atom stereocenters. The molecule has 12 heteroatoms. The van der Waals surface area contributed by atoms with Crippen molar-refractivity contribution in [3.8, 4) is 0 Å². The van der Waals surface area contributed by atoms with E-state index in [-0.39, 0.29) is 5.69 Å². The minimum Gasteiger partial charge on any atom is -0.299 e. The summed E-state index contributed by atoms with van der Waals surface area (Å²) in [6.07, 6.45) is 0. The Morgan fingerprint density at radius 3 is 1.89 bits per heavy atom. The fraction of sp³-hybridized carbons (Fsp3) is 0.143. The van der Waals surface area contributed by atoms with Crippen molar-refractivity contribution in [1.29, 1.82) is 0 Å². The van der Waals surface area contributed by atoms with Crippen molar-refractivity contribution in [1.82, 2.24) is 0 Å². The molecule has 106 valence electrons. The highest BCUT2D eigenvalue weighted by atomic mass is 31.3. The number of benzene rings is 1. The molecular weight excluding hydrogens is 328 g/mol. The number of anilines is 1. The number of halogens is 5. The lowest BCUT2D eigenvalue weighted by molar-refractivity contribution is 0.696. The lowest BCUT2D eigenvalue weighted by atomic mass is 10.3. The van der Waals surface area contributed by atoms with Crippen LogP contribution >= 0.6 is 23.3 Å². The molecule has 0 bridgehead atoms. The van der Waals surface area contributed by atoms with Gasteiger partial charge < -0.3 is 0 Å². The van der Waals surface area contributed by atoms with Crippen molar-refractivity contribution in [2.75, 3.05) is 11.7 Å². The van der Waals surface area contributed by atoms with Crippen molar-refractivity contribution in [3.05, 3.63) is 30.3 Å². The van der Waals surface area contributed by atoms with Crippen LogP contribution < -0.4 is 4.67 Å². The molecule has 4 nitrogen and oxygen atoms in total. The van der Waals surface area contributed by atoms with Crippen LogP contribution in [-0.4, -0.2) is 7.05 Å². The van der Waals surface area contributed by atoms with E-state index in [1.54, 1.807) is 6.07 Å².